The van der Waals surface area contributed by atoms with Crippen molar-refractivity contribution in [1.82, 2.24) is 0 Å². The van der Waals surface area contributed by atoms with Crippen LogP contribution in [0.4, 0.5) is 11.4 Å². The van der Waals surface area contributed by atoms with Crippen molar-refractivity contribution in [2.24, 2.45) is 0 Å². The minimum atomic E-state index is -0.203. The first-order valence-corrected chi connectivity index (χ1v) is 6.28. The molecule has 18 heavy (non-hydrogen) atoms. The van der Waals surface area contributed by atoms with Crippen molar-refractivity contribution in [3.63, 3.8) is 0 Å². The molecule has 0 fully saturated rings. The highest BCUT2D eigenvalue weighted by Crippen LogP contribution is 2.20. The zero-order chi connectivity index (χ0) is 13.1. The number of amides is 1. The van der Waals surface area contributed by atoms with E-state index in [2.05, 4.69) is 21.2 Å². The van der Waals surface area contributed by atoms with E-state index in [1.54, 1.807) is 24.3 Å². The topological polar surface area (TPSA) is 55.1 Å². The third kappa shape index (κ3) is 2.90. The molecule has 2 aromatic rings. The second kappa shape index (κ2) is 5.23. The smallest absolute Gasteiger partial charge is 0.257 e. The summed E-state index contributed by atoms with van der Waals surface area (Å²) in [4.78, 5) is 12.1. The average Bonchev–Trinajstić information content (AvgIpc) is 2.27. The van der Waals surface area contributed by atoms with Gasteiger partial charge in [-0.1, -0.05) is 28.1 Å². The molecular weight excluding hydrogens is 292 g/mol. The van der Waals surface area contributed by atoms with Crippen LogP contribution in [-0.2, 0) is 0 Å². The fourth-order valence-electron chi connectivity index (χ4n) is 1.71. The van der Waals surface area contributed by atoms with Gasteiger partial charge >= 0.3 is 0 Å². The summed E-state index contributed by atoms with van der Waals surface area (Å²) in [6.07, 6.45) is 0. The van der Waals surface area contributed by atoms with Crippen LogP contribution in [-0.4, -0.2) is 5.91 Å². The number of nitrogens with two attached hydrogens (primary N) is 1. The van der Waals surface area contributed by atoms with Crippen LogP contribution < -0.4 is 11.1 Å². The molecule has 0 unspecified atom stereocenters. The molecule has 1 amide bonds. The second-order valence-corrected chi connectivity index (χ2v) is 4.97. The summed E-state index contributed by atoms with van der Waals surface area (Å²) in [7, 11) is 0. The fourth-order valence-corrected chi connectivity index (χ4v) is 2.32. The second-order valence-electron chi connectivity index (χ2n) is 4.06. The minimum absolute atomic E-state index is 0.203. The maximum Gasteiger partial charge on any atom is 0.257 e. The summed E-state index contributed by atoms with van der Waals surface area (Å²) in [5, 5.41) is 2.83. The van der Waals surface area contributed by atoms with Gasteiger partial charge in [0.1, 0.15) is 0 Å². The molecular formula is C14H13BrN2O. The number of hydrogen-bond acceptors (Lipinski definition) is 2. The number of carbonyl (C=O) groups is 1. The van der Waals surface area contributed by atoms with Gasteiger partial charge in [-0.2, -0.15) is 0 Å². The zero-order valence-electron chi connectivity index (χ0n) is 9.91. The largest absolute Gasteiger partial charge is 0.398 e. The molecule has 0 aliphatic heterocycles. The minimum Gasteiger partial charge on any atom is -0.398 e. The lowest BCUT2D eigenvalue weighted by molar-refractivity contribution is 0.102. The molecule has 3 N–H and O–H groups in total. The van der Waals surface area contributed by atoms with E-state index in [1.807, 2.05) is 25.1 Å². The molecule has 92 valence electrons. The number of nitrogens with one attached hydrogen (secondary N) is 1. The Morgan fingerprint density at radius 3 is 2.61 bits per heavy atom. The predicted octanol–water partition coefficient (Wildman–Crippen LogP) is 3.59. The summed E-state index contributed by atoms with van der Waals surface area (Å²) in [6.45, 7) is 1.97. The van der Waals surface area contributed by atoms with Crippen molar-refractivity contribution in [3.05, 3.63) is 58.1 Å². The molecule has 0 heterocycles. The molecule has 4 heteroatoms. The Bertz CT molecular complexity index is 576. The molecule has 2 aromatic carbocycles. The maximum absolute atomic E-state index is 12.1. The summed E-state index contributed by atoms with van der Waals surface area (Å²) < 4.78 is 0.929. The Morgan fingerprint density at radius 1 is 1.22 bits per heavy atom. The van der Waals surface area contributed by atoms with Gasteiger partial charge in [-0.05, 0) is 42.8 Å². The molecule has 0 aliphatic rings. The zero-order valence-corrected chi connectivity index (χ0v) is 11.5. The van der Waals surface area contributed by atoms with E-state index < -0.39 is 0 Å². The average molecular weight is 305 g/mol. The number of hydrogen-bond donors (Lipinski definition) is 2. The molecule has 0 bridgehead atoms. The van der Waals surface area contributed by atoms with Crippen LogP contribution in [0.15, 0.2) is 46.9 Å². The van der Waals surface area contributed by atoms with Crippen LogP contribution in [0.1, 0.15) is 15.9 Å². The van der Waals surface area contributed by atoms with Crippen molar-refractivity contribution in [3.8, 4) is 0 Å². The van der Waals surface area contributed by atoms with Gasteiger partial charge in [-0.25, -0.2) is 0 Å². The Labute approximate surface area is 114 Å². The number of rotatable bonds is 2. The van der Waals surface area contributed by atoms with Gasteiger partial charge in [-0.3, -0.25) is 4.79 Å². The maximum atomic E-state index is 12.1. The Morgan fingerprint density at radius 2 is 1.94 bits per heavy atom. The van der Waals surface area contributed by atoms with Crippen LogP contribution in [0.3, 0.4) is 0 Å². The van der Waals surface area contributed by atoms with Gasteiger partial charge in [0.2, 0.25) is 0 Å². The number of carbonyl (C=O) groups excluding carboxylic acids is 1. The van der Waals surface area contributed by atoms with Crippen LogP contribution in [0, 0.1) is 6.92 Å². The summed E-state index contributed by atoms with van der Waals surface area (Å²) in [5.41, 5.74) is 8.54. The number of benzene rings is 2. The van der Waals surface area contributed by atoms with E-state index in [0.29, 0.717) is 11.3 Å². The number of para-hydroxylation sites is 1. The van der Waals surface area contributed by atoms with E-state index in [0.717, 1.165) is 15.7 Å². The highest BCUT2D eigenvalue weighted by atomic mass is 79.9. The number of nitrogen functional groups attached to an aromatic ring is 1. The van der Waals surface area contributed by atoms with Gasteiger partial charge in [0.25, 0.3) is 5.91 Å². The Hall–Kier alpha value is -1.81. The van der Waals surface area contributed by atoms with E-state index in [1.165, 1.54) is 0 Å². The monoisotopic (exact) mass is 304 g/mol. The highest BCUT2D eigenvalue weighted by molar-refractivity contribution is 9.10. The molecule has 0 saturated heterocycles. The van der Waals surface area contributed by atoms with Crippen LogP contribution >= 0.6 is 15.9 Å². The molecule has 0 aromatic heterocycles. The van der Waals surface area contributed by atoms with Crippen molar-refractivity contribution in [1.29, 1.82) is 0 Å². The third-order valence-electron chi connectivity index (χ3n) is 2.51. The summed E-state index contributed by atoms with van der Waals surface area (Å²) in [6, 6.07) is 12.7. The molecule has 0 aliphatic carbocycles. The van der Waals surface area contributed by atoms with Crippen LogP contribution in [0.5, 0.6) is 0 Å². The van der Waals surface area contributed by atoms with Crippen LogP contribution in [0.25, 0.3) is 0 Å². The third-order valence-corrected chi connectivity index (χ3v) is 2.96. The predicted molar refractivity (Wildman–Crippen MR) is 77.7 cm³/mol. The lowest BCUT2D eigenvalue weighted by Crippen LogP contribution is -2.13. The van der Waals surface area contributed by atoms with E-state index in [9.17, 15) is 4.79 Å². The van der Waals surface area contributed by atoms with Crippen LogP contribution in [0.2, 0.25) is 0 Å². The number of halogens is 1. The van der Waals surface area contributed by atoms with E-state index in [4.69, 9.17) is 5.73 Å². The van der Waals surface area contributed by atoms with Gasteiger partial charge in [-0.15, -0.1) is 0 Å². The van der Waals surface area contributed by atoms with Crippen molar-refractivity contribution >= 4 is 33.2 Å². The summed E-state index contributed by atoms with van der Waals surface area (Å²) >= 11 is 3.40. The van der Waals surface area contributed by atoms with E-state index in [-0.39, 0.29) is 5.91 Å². The molecule has 0 atom stereocenters. The normalized spacial score (nSPS) is 10.1. The molecule has 0 spiro atoms. The Balaban J connectivity index is 2.24. The first-order chi connectivity index (χ1) is 8.56. The van der Waals surface area contributed by atoms with Gasteiger partial charge in [0, 0.05) is 15.8 Å². The van der Waals surface area contributed by atoms with Gasteiger partial charge in [0.15, 0.2) is 0 Å². The van der Waals surface area contributed by atoms with E-state index >= 15 is 0 Å². The fraction of sp³-hybridized carbons (Fsp3) is 0.0714. The number of aryl methyl sites for hydroxylation is 1. The lowest BCUT2D eigenvalue weighted by atomic mass is 10.1. The van der Waals surface area contributed by atoms with Gasteiger partial charge in [0.05, 0.1) is 5.56 Å². The van der Waals surface area contributed by atoms with Gasteiger partial charge < -0.3 is 11.1 Å². The molecule has 0 saturated carbocycles. The quantitative estimate of drug-likeness (QED) is 0.833. The summed E-state index contributed by atoms with van der Waals surface area (Å²) in [5.74, 6) is -0.203. The molecule has 0 radical (unpaired) electrons. The molecule has 2 rings (SSSR count). The van der Waals surface area contributed by atoms with Crippen molar-refractivity contribution in [2.45, 2.75) is 6.92 Å². The lowest BCUT2D eigenvalue weighted by Gasteiger charge is -2.08. The number of anilines is 2. The first kappa shape index (κ1) is 12.6. The standard InChI is InChI=1S/C14H13BrN2O/c1-9-6-10(15)8-11(7-9)17-14(18)12-4-2-3-5-13(12)16/h2-8H,16H2,1H3,(H,17,18). The Kier molecular flexibility index (Phi) is 3.67. The first-order valence-electron chi connectivity index (χ1n) is 5.49. The molecule has 3 nitrogen and oxygen atoms in total. The van der Waals surface area contributed by atoms with Crippen molar-refractivity contribution in [2.75, 3.05) is 11.1 Å². The highest BCUT2D eigenvalue weighted by Gasteiger charge is 2.09. The SMILES string of the molecule is Cc1cc(Br)cc(NC(=O)c2ccccc2N)c1. The van der Waals surface area contributed by atoms with Crippen molar-refractivity contribution < 1.29 is 4.79 Å².